The number of rotatable bonds is 4. The van der Waals surface area contributed by atoms with Crippen molar-refractivity contribution < 1.29 is 14.6 Å². The molecule has 1 aliphatic heterocycles. The van der Waals surface area contributed by atoms with Gasteiger partial charge < -0.3 is 14.7 Å². The fraction of sp³-hybridized carbons (Fsp3) is 0.938. The predicted octanol–water partition coefficient (Wildman–Crippen LogP) is 3.33. The van der Waals surface area contributed by atoms with Crippen molar-refractivity contribution in [1.82, 2.24) is 4.90 Å². The first-order valence-electron chi connectivity index (χ1n) is 7.98. The van der Waals surface area contributed by atoms with Gasteiger partial charge in [0.2, 0.25) is 0 Å². The van der Waals surface area contributed by atoms with Crippen LogP contribution < -0.4 is 0 Å². The van der Waals surface area contributed by atoms with Gasteiger partial charge in [0.1, 0.15) is 5.60 Å². The highest BCUT2D eigenvalue weighted by Gasteiger charge is 2.39. The van der Waals surface area contributed by atoms with Crippen LogP contribution in [-0.4, -0.2) is 40.4 Å². The Morgan fingerprint density at radius 1 is 1.40 bits per heavy atom. The summed E-state index contributed by atoms with van der Waals surface area (Å²) in [6, 6.07) is 0. The van der Waals surface area contributed by atoms with Crippen molar-refractivity contribution in [3.63, 3.8) is 0 Å². The molecule has 0 aromatic rings. The van der Waals surface area contributed by atoms with Gasteiger partial charge in [0.15, 0.2) is 0 Å². The molecule has 1 unspecified atom stereocenters. The van der Waals surface area contributed by atoms with Crippen LogP contribution in [0.1, 0.15) is 65.7 Å². The van der Waals surface area contributed by atoms with E-state index in [1.54, 1.807) is 0 Å². The second-order valence-electron chi connectivity index (χ2n) is 7.55. The molecule has 1 saturated carbocycles. The molecule has 20 heavy (non-hydrogen) atoms. The van der Waals surface area contributed by atoms with Gasteiger partial charge in [-0.3, -0.25) is 0 Å². The molecule has 0 aromatic heterocycles. The number of amides is 1. The standard InChI is InChI=1S/C16H29NO3/c1-15(2,3)20-14(18)17-11-5-7-13(12-17)6-4-8-16(19)9-10-16/h13,19H,4-12H2,1-3H3. The van der Waals surface area contributed by atoms with E-state index in [4.69, 9.17) is 4.74 Å². The van der Waals surface area contributed by atoms with Crippen molar-refractivity contribution in [2.24, 2.45) is 5.92 Å². The molecule has 1 amide bonds. The van der Waals surface area contributed by atoms with E-state index >= 15 is 0 Å². The molecule has 1 atom stereocenters. The first-order valence-corrected chi connectivity index (χ1v) is 7.98. The van der Waals surface area contributed by atoms with Gasteiger partial charge >= 0.3 is 6.09 Å². The van der Waals surface area contributed by atoms with E-state index in [1.807, 2.05) is 25.7 Å². The van der Waals surface area contributed by atoms with Crippen molar-refractivity contribution in [3.05, 3.63) is 0 Å². The summed E-state index contributed by atoms with van der Waals surface area (Å²) in [5.41, 5.74) is -0.751. The third-order valence-electron chi connectivity index (χ3n) is 4.25. The summed E-state index contributed by atoms with van der Waals surface area (Å²) in [4.78, 5) is 13.9. The van der Waals surface area contributed by atoms with Crippen LogP contribution in [0, 0.1) is 5.92 Å². The number of carbonyl (C=O) groups is 1. The second kappa shape index (κ2) is 5.92. The summed E-state index contributed by atoms with van der Waals surface area (Å²) < 4.78 is 5.44. The van der Waals surface area contributed by atoms with E-state index in [9.17, 15) is 9.90 Å². The minimum absolute atomic E-state index is 0.178. The molecular weight excluding hydrogens is 254 g/mol. The summed E-state index contributed by atoms with van der Waals surface area (Å²) in [5, 5.41) is 9.84. The lowest BCUT2D eigenvalue weighted by molar-refractivity contribution is 0.0157. The zero-order valence-electron chi connectivity index (χ0n) is 13.2. The first-order chi connectivity index (χ1) is 9.27. The molecule has 1 N–H and O–H groups in total. The van der Waals surface area contributed by atoms with Crippen molar-refractivity contribution in [2.75, 3.05) is 13.1 Å². The third kappa shape index (κ3) is 4.97. The Bertz CT molecular complexity index is 344. The molecule has 0 radical (unpaired) electrons. The molecule has 4 nitrogen and oxygen atoms in total. The normalized spacial score (nSPS) is 25.4. The van der Waals surface area contributed by atoms with Gasteiger partial charge in [-0.15, -0.1) is 0 Å². The highest BCUT2D eigenvalue weighted by atomic mass is 16.6. The van der Waals surface area contributed by atoms with Crippen molar-refractivity contribution in [2.45, 2.75) is 76.9 Å². The fourth-order valence-electron chi connectivity index (χ4n) is 2.91. The Morgan fingerprint density at radius 2 is 2.10 bits per heavy atom. The van der Waals surface area contributed by atoms with E-state index in [1.165, 1.54) is 6.42 Å². The first kappa shape index (κ1) is 15.6. The largest absolute Gasteiger partial charge is 0.444 e. The topological polar surface area (TPSA) is 49.8 Å². The number of nitrogens with zero attached hydrogens (tertiary/aromatic N) is 1. The number of piperidine rings is 1. The van der Waals surface area contributed by atoms with Crippen LogP contribution in [0.15, 0.2) is 0 Å². The average molecular weight is 283 g/mol. The third-order valence-corrected chi connectivity index (χ3v) is 4.25. The predicted molar refractivity (Wildman–Crippen MR) is 78.6 cm³/mol. The van der Waals surface area contributed by atoms with Crippen LogP contribution in [0.25, 0.3) is 0 Å². The van der Waals surface area contributed by atoms with Gasteiger partial charge in [-0.25, -0.2) is 4.79 Å². The number of aliphatic hydroxyl groups is 1. The molecule has 2 aliphatic rings. The Hall–Kier alpha value is -0.770. The maximum Gasteiger partial charge on any atom is 0.410 e. The van der Waals surface area contributed by atoms with Crippen LogP contribution in [-0.2, 0) is 4.74 Å². The van der Waals surface area contributed by atoms with Gasteiger partial charge in [-0.05, 0) is 65.2 Å². The van der Waals surface area contributed by atoms with Crippen molar-refractivity contribution in [1.29, 1.82) is 0 Å². The fourth-order valence-corrected chi connectivity index (χ4v) is 2.91. The maximum absolute atomic E-state index is 12.1. The van der Waals surface area contributed by atoms with E-state index in [2.05, 4.69) is 0 Å². The number of likely N-dealkylation sites (tertiary alicyclic amines) is 1. The maximum atomic E-state index is 12.1. The average Bonchev–Trinajstić information content (AvgIpc) is 3.06. The van der Waals surface area contributed by atoms with E-state index in [0.717, 1.165) is 51.6 Å². The molecule has 0 spiro atoms. The SMILES string of the molecule is CC(C)(C)OC(=O)N1CCCC(CCCC2(O)CC2)C1. The molecule has 0 bridgehead atoms. The lowest BCUT2D eigenvalue weighted by Crippen LogP contribution is -2.42. The summed E-state index contributed by atoms with van der Waals surface area (Å²) in [6.45, 7) is 7.34. The molecule has 0 aromatic carbocycles. The number of ether oxygens (including phenoxy) is 1. The minimum Gasteiger partial charge on any atom is -0.444 e. The molecule has 2 fully saturated rings. The Balaban J connectivity index is 1.72. The van der Waals surface area contributed by atoms with Crippen LogP contribution in [0.3, 0.4) is 0 Å². The van der Waals surface area contributed by atoms with Gasteiger partial charge in [0.25, 0.3) is 0 Å². The highest BCUT2D eigenvalue weighted by molar-refractivity contribution is 5.68. The number of carbonyl (C=O) groups excluding carboxylic acids is 1. The molecule has 1 heterocycles. The summed E-state index contributed by atoms with van der Waals surface area (Å²) in [6.07, 6.45) is 7.14. The monoisotopic (exact) mass is 283 g/mol. The van der Waals surface area contributed by atoms with Gasteiger partial charge in [-0.2, -0.15) is 0 Å². The van der Waals surface area contributed by atoms with E-state index in [0.29, 0.717) is 5.92 Å². The van der Waals surface area contributed by atoms with E-state index < -0.39 is 5.60 Å². The molecule has 1 saturated heterocycles. The molecular formula is C16H29NO3. The molecule has 4 heteroatoms. The number of hydrogen-bond acceptors (Lipinski definition) is 3. The smallest absolute Gasteiger partial charge is 0.410 e. The van der Waals surface area contributed by atoms with Crippen molar-refractivity contribution in [3.8, 4) is 0 Å². The summed E-state index contributed by atoms with van der Waals surface area (Å²) in [7, 11) is 0. The van der Waals surface area contributed by atoms with Crippen LogP contribution in [0.2, 0.25) is 0 Å². The Morgan fingerprint density at radius 3 is 2.70 bits per heavy atom. The molecule has 1 aliphatic carbocycles. The second-order valence-corrected chi connectivity index (χ2v) is 7.55. The molecule has 116 valence electrons. The van der Waals surface area contributed by atoms with Crippen LogP contribution >= 0.6 is 0 Å². The zero-order chi connectivity index (χ0) is 14.8. The number of hydrogen-bond donors (Lipinski definition) is 1. The van der Waals surface area contributed by atoms with Crippen molar-refractivity contribution >= 4 is 6.09 Å². The summed E-state index contributed by atoms with van der Waals surface area (Å²) in [5.74, 6) is 0.568. The van der Waals surface area contributed by atoms with Gasteiger partial charge in [0.05, 0.1) is 5.60 Å². The van der Waals surface area contributed by atoms with E-state index in [-0.39, 0.29) is 11.7 Å². The van der Waals surface area contributed by atoms with Gasteiger partial charge in [0, 0.05) is 13.1 Å². The Labute approximate surface area is 122 Å². The van der Waals surface area contributed by atoms with Crippen LogP contribution in [0.5, 0.6) is 0 Å². The minimum atomic E-state index is -0.417. The quantitative estimate of drug-likeness (QED) is 0.861. The lowest BCUT2D eigenvalue weighted by Gasteiger charge is -2.34. The lowest BCUT2D eigenvalue weighted by atomic mass is 9.92. The highest BCUT2D eigenvalue weighted by Crippen LogP contribution is 2.40. The Kier molecular flexibility index (Phi) is 4.62. The zero-order valence-corrected chi connectivity index (χ0v) is 13.2. The molecule has 2 rings (SSSR count). The van der Waals surface area contributed by atoms with Crippen LogP contribution in [0.4, 0.5) is 4.79 Å². The summed E-state index contributed by atoms with van der Waals surface area (Å²) >= 11 is 0. The van der Waals surface area contributed by atoms with Gasteiger partial charge in [-0.1, -0.05) is 6.42 Å².